The summed E-state index contributed by atoms with van der Waals surface area (Å²) in [4.78, 5) is 22.8. The highest BCUT2D eigenvalue weighted by Crippen LogP contribution is 2.40. The molecule has 0 aliphatic carbocycles. The number of aromatic hydroxyl groups is 2. The Morgan fingerprint density at radius 1 is 1.05 bits per heavy atom. The second kappa shape index (κ2) is 4.19. The van der Waals surface area contributed by atoms with E-state index in [9.17, 15) is 19.8 Å². The first-order valence-electron chi connectivity index (χ1n) is 6.42. The molecule has 20 heavy (non-hydrogen) atoms. The van der Waals surface area contributed by atoms with Crippen LogP contribution in [0.5, 0.6) is 11.6 Å². The third kappa shape index (κ3) is 1.83. The van der Waals surface area contributed by atoms with Crippen molar-refractivity contribution in [2.24, 2.45) is 0 Å². The Kier molecular flexibility index (Phi) is 3.00. The Balaban J connectivity index is 2.80. The summed E-state index contributed by atoms with van der Waals surface area (Å²) >= 11 is 0. The second-order valence-corrected chi connectivity index (χ2v) is 6.20. The lowest BCUT2D eigenvalue weighted by Gasteiger charge is -2.20. The van der Waals surface area contributed by atoms with E-state index in [1.54, 1.807) is 0 Å². The molecule has 0 unspecified atom stereocenters. The van der Waals surface area contributed by atoms with Crippen LogP contribution < -0.4 is 10.9 Å². The van der Waals surface area contributed by atoms with Crippen molar-refractivity contribution in [3.8, 4) is 22.8 Å². The van der Waals surface area contributed by atoms with Gasteiger partial charge in [-0.1, -0.05) is 13.8 Å². The van der Waals surface area contributed by atoms with Crippen LogP contribution in [-0.2, 0) is 5.54 Å². The maximum Gasteiger partial charge on any atom is 0.268 e. The lowest BCUT2D eigenvalue weighted by molar-refractivity contribution is 0.294. The van der Waals surface area contributed by atoms with Crippen LogP contribution in [-0.4, -0.2) is 20.0 Å². The van der Waals surface area contributed by atoms with E-state index in [0.717, 1.165) is 0 Å². The van der Waals surface area contributed by atoms with E-state index in [1.165, 1.54) is 4.68 Å². The average molecular weight is 278 g/mol. The number of rotatable bonds is 2. The molecule has 0 bridgehead atoms. The van der Waals surface area contributed by atoms with E-state index in [1.807, 2.05) is 34.6 Å². The normalized spacial score (nSPS) is 12.5. The topological polar surface area (TPSA) is 92.4 Å². The fourth-order valence-electron chi connectivity index (χ4n) is 2.15. The Bertz CT molecular complexity index is 740. The van der Waals surface area contributed by atoms with Gasteiger partial charge in [0.15, 0.2) is 5.75 Å². The van der Waals surface area contributed by atoms with Crippen LogP contribution in [0.15, 0.2) is 9.59 Å². The fraction of sp³-hybridized carbons (Fsp3) is 0.500. The lowest BCUT2D eigenvalue weighted by Crippen LogP contribution is -2.32. The van der Waals surface area contributed by atoms with Gasteiger partial charge in [0.05, 0.1) is 22.4 Å². The molecule has 2 rings (SSSR count). The molecule has 1 aromatic carbocycles. The Labute approximate surface area is 116 Å². The van der Waals surface area contributed by atoms with E-state index in [4.69, 9.17) is 0 Å². The molecular formula is C14H18N2O4. The van der Waals surface area contributed by atoms with Gasteiger partial charge in [-0.3, -0.25) is 9.59 Å². The van der Waals surface area contributed by atoms with E-state index < -0.39 is 22.1 Å². The van der Waals surface area contributed by atoms with Crippen LogP contribution in [0.2, 0.25) is 0 Å². The average Bonchev–Trinajstić information content (AvgIpc) is 2.67. The first-order chi connectivity index (χ1) is 9.07. The molecule has 1 aromatic heterocycles. The maximum absolute atomic E-state index is 11.6. The fourth-order valence-corrected chi connectivity index (χ4v) is 2.15. The predicted molar refractivity (Wildman–Crippen MR) is 75.0 cm³/mol. The first-order valence-corrected chi connectivity index (χ1v) is 6.42. The third-order valence-corrected chi connectivity index (χ3v) is 3.21. The van der Waals surface area contributed by atoms with Crippen molar-refractivity contribution >= 4 is 0 Å². The minimum atomic E-state index is -0.919. The number of hydrogen-bond acceptors (Lipinski definition) is 5. The zero-order valence-corrected chi connectivity index (χ0v) is 12.2. The summed E-state index contributed by atoms with van der Waals surface area (Å²) in [6.07, 6.45) is 0. The van der Waals surface area contributed by atoms with Gasteiger partial charge in [-0.05, 0) is 26.7 Å². The van der Waals surface area contributed by atoms with Crippen LogP contribution >= 0.6 is 0 Å². The van der Waals surface area contributed by atoms with Gasteiger partial charge in [-0.15, -0.1) is 0 Å². The van der Waals surface area contributed by atoms with E-state index in [-0.39, 0.29) is 22.9 Å². The second-order valence-electron chi connectivity index (χ2n) is 6.20. The van der Waals surface area contributed by atoms with Crippen molar-refractivity contribution in [2.45, 2.75) is 46.1 Å². The minimum Gasteiger partial charge on any atom is -0.503 e. The number of hydrogen-bond donors (Lipinski definition) is 2. The highest BCUT2D eigenvalue weighted by atomic mass is 16.3. The van der Waals surface area contributed by atoms with E-state index in [0.29, 0.717) is 5.69 Å². The van der Waals surface area contributed by atoms with E-state index in [2.05, 4.69) is 5.10 Å². The van der Waals surface area contributed by atoms with Crippen LogP contribution in [0.1, 0.15) is 46.2 Å². The SMILES string of the molecule is CC(C)c1nn(C(C)(C)C)c(O)c1-c1c(O)c(=O)c1=O. The largest absolute Gasteiger partial charge is 0.503 e. The van der Waals surface area contributed by atoms with Gasteiger partial charge in [0.25, 0.3) is 5.43 Å². The smallest absolute Gasteiger partial charge is 0.268 e. The first kappa shape index (κ1) is 14.3. The highest BCUT2D eigenvalue weighted by molar-refractivity contribution is 5.79. The summed E-state index contributed by atoms with van der Waals surface area (Å²) in [5.41, 5.74) is -1.67. The van der Waals surface area contributed by atoms with Gasteiger partial charge >= 0.3 is 0 Å². The van der Waals surface area contributed by atoms with E-state index >= 15 is 0 Å². The molecule has 0 atom stereocenters. The van der Waals surface area contributed by atoms with Crippen molar-refractivity contribution in [2.75, 3.05) is 0 Å². The molecule has 0 amide bonds. The standard InChI is InChI=1S/C14H18N2O4/c1-6(2)9-7(8-10(17)12(19)11(8)18)13(20)16(15-9)14(3,4)5/h6,17,20H,1-5H3. The summed E-state index contributed by atoms with van der Waals surface area (Å²) in [5, 5.41) is 24.3. The molecule has 0 saturated heterocycles. The molecular weight excluding hydrogens is 260 g/mol. The van der Waals surface area contributed by atoms with Crippen molar-refractivity contribution in [3.05, 3.63) is 26.1 Å². The molecule has 108 valence electrons. The number of aromatic nitrogens is 2. The lowest BCUT2D eigenvalue weighted by atomic mass is 9.95. The molecule has 0 radical (unpaired) electrons. The van der Waals surface area contributed by atoms with Crippen LogP contribution in [0, 0.1) is 0 Å². The Hall–Kier alpha value is -2.11. The summed E-state index contributed by atoms with van der Waals surface area (Å²) in [7, 11) is 0. The summed E-state index contributed by atoms with van der Waals surface area (Å²) in [6, 6.07) is 0. The molecule has 6 heteroatoms. The monoisotopic (exact) mass is 278 g/mol. The molecule has 0 aliphatic rings. The molecule has 0 saturated carbocycles. The Morgan fingerprint density at radius 2 is 1.60 bits per heavy atom. The summed E-state index contributed by atoms with van der Waals surface area (Å²) in [5.74, 6) is -0.868. The minimum absolute atomic E-state index is 0.0664. The van der Waals surface area contributed by atoms with Crippen molar-refractivity contribution < 1.29 is 10.2 Å². The highest BCUT2D eigenvalue weighted by Gasteiger charge is 2.33. The molecule has 1 heterocycles. The van der Waals surface area contributed by atoms with Gasteiger partial charge in [-0.2, -0.15) is 5.10 Å². The van der Waals surface area contributed by atoms with Gasteiger partial charge < -0.3 is 10.2 Å². The molecule has 2 N–H and O–H groups in total. The predicted octanol–water partition coefficient (Wildman–Crippen LogP) is 1.44. The quantitative estimate of drug-likeness (QED) is 0.811. The van der Waals surface area contributed by atoms with Crippen molar-refractivity contribution in [1.82, 2.24) is 9.78 Å². The Morgan fingerprint density at radius 3 is 2.00 bits per heavy atom. The molecule has 0 fully saturated rings. The van der Waals surface area contributed by atoms with Crippen LogP contribution in [0.4, 0.5) is 0 Å². The van der Waals surface area contributed by atoms with Gasteiger partial charge in [-0.25, -0.2) is 4.68 Å². The zero-order chi connectivity index (χ0) is 15.4. The van der Waals surface area contributed by atoms with Crippen molar-refractivity contribution in [1.29, 1.82) is 0 Å². The van der Waals surface area contributed by atoms with Crippen LogP contribution in [0.3, 0.4) is 0 Å². The van der Waals surface area contributed by atoms with Gasteiger partial charge in [0.1, 0.15) is 0 Å². The zero-order valence-electron chi connectivity index (χ0n) is 12.2. The summed E-state index contributed by atoms with van der Waals surface area (Å²) in [6.45, 7) is 9.29. The third-order valence-electron chi connectivity index (χ3n) is 3.21. The molecule has 0 aliphatic heterocycles. The van der Waals surface area contributed by atoms with Crippen LogP contribution in [0.25, 0.3) is 11.1 Å². The maximum atomic E-state index is 11.6. The van der Waals surface area contributed by atoms with Gasteiger partial charge in [0, 0.05) is 0 Å². The molecule has 0 spiro atoms. The molecule has 6 nitrogen and oxygen atoms in total. The van der Waals surface area contributed by atoms with Gasteiger partial charge in [0.2, 0.25) is 11.3 Å². The molecule has 2 aromatic rings. The van der Waals surface area contributed by atoms with Crippen molar-refractivity contribution in [3.63, 3.8) is 0 Å². The number of nitrogens with zero attached hydrogens (tertiary/aromatic N) is 2. The summed E-state index contributed by atoms with van der Waals surface area (Å²) < 4.78 is 1.40.